The molecule has 1 aromatic carbocycles. The van der Waals surface area contributed by atoms with E-state index in [9.17, 15) is 5.11 Å². The van der Waals surface area contributed by atoms with Gasteiger partial charge in [0, 0.05) is 5.56 Å². The predicted molar refractivity (Wildman–Crippen MR) is 52.8 cm³/mol. The van der Waals surface area contributed by atoms with Crippen LogP contribution in [0.25, 0.3) is 0 Å². The Labute approximate surface area is 83.6 Å². The van der Waals surface area contributed by atoms with E-state index in [0.29, 0.717) is 11.3 Å². The maximum absolute atomic E-state index is 9.43. The van der Waals surface area contributed by atoms with Crippen LogP contribution < -0.4 is 4.74 Å². The monoisotopic (exact) mass is 191 g/mol. The lowest BCUT2D eigenvalue weighted by atomic mass is 10.1. The van der Waals surface area contributed by atoms with Crippen molar-refractivity contribution in [2.45, 2.75) is 26.1 Å². The first-order valence-electron chi connectivity index (χ1n) is 4.48. The van der Waals surface area contributed by atoms with E-state index in [2.05, 4.69) is 0 Å². The van der Waals surface area contributed by atoms with Gasteiger partial charge in [0.2, 0.25) is 0 Å². The molecule has 14 heavy (non-hydrogen) atoms. The molecule has 0 heterocycles. The molecule has 0 amide bonds. The number of nitrogens with zero attached hydrogens (tertiary/aromatic N) is 1. The summed E-state index contributed by atoms with van der Waals surface area (Å²) < 4.78 is 5.33. The molecule has 0 aliphatic heterocycles. The van der Waals surface area contributed by atoms with Gasteiger partial charge in [0.25, 0.3) is 0 Å². The number of ether oxygens (including phenoxy) is 1. The quantitative estimate of drug-likeness (QED) is 0.795. The van der Waals surface area contributed by atoms with Gasteiger partial charge in [-0.15, -0.1) is 0 Å². The van der Waals surface area contributed by atoms with Gasteiger partial charge in [-0.2, -0.15) is 5.26 Å². The highest BCUT2D eigenvalue weighted by molar-refractivity contribution is 5.35. The number of aliphatic hydroxyl groups excluding tert-OH is 1. The van der Waals surface area contributed by atoms with Gasteiger partial charge >= 0.3 is 0 Å². The van der Waals surface area contributed by atoms with Gasteiger partial charge < -0.3 is 9.84 Å². The first-order chi connectivity index (χ1) is 6.65. The van der Waals surface area contributed by atoms with Crippen molar-refractivity contribution >= 4 is 0 Å². The molecule has 1 rings (SSSR count). The van der Waals surface area contributed by atoms with E-state index < -0.39 is 12.2 Å². The van der Waals surface area contributed by atoms with Crippen molar-refractivity contribution in [3.63, 3.8) is 0 Å². The summed E-state index contributed by atoms with van der Waals surface area (Å²) in [4.78, 5) is 0. The van der Waals surface area contributed by atoms with Crippen LogP contribution in [0.2, 0.25) is 0 Å². The second kappa shape index (κ2) is 4.64. The Balaban J connectivity index is 2.91. The van der Waals surface area contributed by atoms with E-state index in [4.69, 9.17) is 10.00 Å². The highest BCUT2D eigenvalue weighted by atomic mass is 16.5. The molecular formula is C11H13NO2. The van der Waals surface area contributed by atoms with Crippen molar-refractivity contribution in [1.82, 2.24) is 0 Å². The number of hydrogen-bond acceptors (Lipinski definition) is 3. The Morgan fingerprint density at radius 1 is 1.36 bits per heavy atom. The maximum atomic E-state index is 9.43. The van der Waals surface area contributed by atoms with Crippen LogP contribution in [0.15, 0.2) is 24.3 Å². The molecule has 0 saturated carbocycles. The average Bonchev–Trinajstić information content (AvgIpc) is 2.18. The summed E-state index contributed by atoms with van der Waals surface area (Å²) in [5, 5.41) is 18.0. The lowest BCUT2D eigenvalue weighted by Gasteiger charge is -2.13. The molecule has 3 nitrogen and oxygen atoms in total. The first-order valence-corrected chi connectivity index (χ1v) is 4.48. The van der Waals surface area contributed by atoms with Crippen LogP contribution in [0.1, 0.15) is 25.5 Å². The lowest BCUT2D eigenvalue weighted by Crippen LogP contribution is -2.10. The molecule has 0 radical (unpaired) electrons. The molecule has 0 bridgehead atoms. The first kappa shape index (κ1) is 10.6. The van der Waals surface area contributed by atoms with Crippen LogP contribution in [0.3, 0.4) is 0 Å². The average molecular weight is 191 g/mol. The molecule has 0 saturated heterocycles. The molecule has 0 spiro atoms. The van der Waals surface area contributed by atoms with Crippen LogP contribution in [0, 0.1) is 11.3 Å². The number of para-hydroxylation sites is 1. The summed E-state index contributed by atoms with van der Waals surface area (Å²) in [7, 11) is 0. The van der Waals surface area contributed by atoms with Gasteiger partial charge in [-0.1, -0.05) is 18.2 Å². The summed E-state index contributed by atoms with van der Waals surface area (Å²) in [6.07, 6.45) is -1.09. The summed E-state index contributed by atoms with van der Waals surface area (Å²) in [5.41, 5.74) is 0.703. The Bertz CT molecular complexity index is 341. The van der Waals surface area contributed by atoms with Crippen molar-refractivity contribution in [3.8, 4) is 11.8 Å². The van der Waals surface area contributed by atoms with Gasteiger partial charge in [0.15, 0.2) is 6.10 Å². The minimum Gasteiger partial charge on any atom is -0.475 e. The Morgan fingerprint density at radius 3 is 2.57 bits per heavy atom. The molecule has 0 fully saturated rings. The van der Waals surface area contributed by atoms with Crippen molar-refractivity contribution in [2.24, 2.45) is 0 Å². The molecule has 1 N–H and O–H groups in total. The zero-order chi connectivity index (χ0) is 10.6. The molecule has 2 unspecified atom stereocenters. The fourth-order valence-corrected chi connectivity index (χ4v) is 1.15. The number of rotatable bonds is 3. The third-order valence-electron chi connectivity index (χ3n) is 1.85. The minimum absolute atomic E-state index is 0.505. The van der Waals surface area contributed by atoms with Crippen LogP contribution in [-0.2, 0) is 0 Å². The van der Waals surface area contributed by atoms with Gasteiger partial charge in [-0.3, -0.25) is 0 Å². The third-order valence-corrected chi connectivity index (χ3v) is 1.85. The molecule has 3 heteroatoms. The van der Waals surface area contributed by atoms with E-state index in [1.807, 2.05) is 18.2 Å². The fourth-order valence-electron chi connectivity index (χ4n) is 1.15. The normalized spacial score (nSPS) is 14.1. The zero-order valence-electron chi connectivity index (χ0n) is 8.27. The Kier molecular flexibility index (Phi) is 3.49. The number of benzene rings is 1. The molecular weight excluding hydrogens is 178 g/mol. The van der Waals surface area contributed by atoms with E-state index >= 15 is 0 Å². The SMILES string of the molecule is CC(C#N)Oc1ccccc1C(C)O. The topological polar surface area (TPSA) is 53.2 Å². The predicted octanol–water partition coefficient (Wildman–Crippen LogP) is 2.03. The largest absolute Gasteiger partial charge is 0.475 e. The smallest absolute Gasteiger partial charge is 0.181 e. The van der Waals surface area contributed by atoms with Crippen LogP contribution in [-0.4, -0.2) is 11.2 Å². The summed E-state index contributed by atoms with van der Waals surface area (Å²) in [5.74, 6) is 0.566. The Morgan fingerprint density at radius 2 is 2.00 bits per heavy atom. The van der Waals surface area contributed by atoms with E-state index in [0.717, 1.165) is 0 Å². The fraction of sp³-hybridized carbons (Fsp3) is 0.364. The van der Waals surface area contributed by atoms with Gasteiger partial charge in [-0.05, 0) is 19.9 Å². The third kappa shape index (κ3) is 2.48. The highest BCUT2D eigenvalue weighted by Crippen LogP contribution is 2.25. The van der Waals surface area contributed by atoms with E-state index in [1.54, 1.807) is 26.0 Å². The van der Waals surface area contributed by atoms with Crippen molar-refractivity contribution in [3.05, 3.63) is 29.8 Å². The second-order valence-corrected chi connectivity index (χ2v) is 3.10. The maximum Gasteiger partial charge on any atom is 0.181 e. The van der Waals surface area contributed by atoms with Crippen molar-refractivity contribution < 1.29 is 9.84 Å². The summed E-state index contributed by atoms with van der Waals surface area (Å²) >= 11 is 0. The highest BCUT2D eigenvalue weighted by Gasteiger charge is 2.10. The second-order valence-electron chi connectivity index (χ2n) is 3.10. The van der Waals surface area contributed by atoms with Crippen LogP contribution in [0.4, 0.5) is 0 Å². The molecule has 2 atom stereocenters. The summed E-state index contributed by atoms with van der Waals surface area (Å²) in [6.45, 7) is 3.33. The molecule has 74 valence electrons. The van der Waals surface area contributed by atoms with Crippen molar-refractivity contribution in [1.29, 1.82) is 5.26 Å². The number of aliphatic hydroxyl groups is 1. The summed E-state index contributed by atoms with van der Waals surface area (Å²) in [6, 6.07) is 9.14. The molecule has 0 aromatic heterocycles. The Hall–Kier alpha value is -1.53. The van der Waals surface area contributed by atoms with E-state index in [1.165, 1.54) is 0 Å². The number of nitriles is 1. The van der Waals surface area contributed by atoms with Gasteiger partial charge in [0.05, 0.1) is 6.10 Å². The van der Waals surface area contributed by atoms with E-state index in [-0.39, 0.29) is 0 Å². The molecule has 1 aromatic rings. The van der Waals surface area contributed by atoms with Crippen molar-refractivity contribution in [2.75, 3.05) is 0 Å². The van der Waals surface area contributed by atoms with Gasteiger partial charge in [0.1, 0.15) is 11.8 Å². The lowest BCUT2D eigenvalue weighted by molar-refractivity contribution is 0.188. The number of hydrogen-bond donors (Lipinski definition) is 1. The minimum atomic E-state index is -0.586. The van der Waals surface area contributed by atoms with Crippen LogP contribution in [0.5, 0.6) is 5.75 Å². The molecule has 0 aliphatic rings. The zero-order valence-corrected chi connectivity index (χ0v) is 8.27. The van der Waals surface area contributed by atoms with Gasteiger partial charge in [-0.25, -0.2) is 0 Å². The standard InChI is InChI=1S/C11H13NO2/c1-8(7-12)14-11-6-4-3-5-10(11)9(2)13/h3-6,8-9,13H,1-2H3. The van der Waals surface area contributed by atoms with Crippen LogP contribution >= 0.6 is 0 Å². The molecule has 0 aliphatic carbocycles.